The smallest absolute Gasteiger partial charge is 0.252 e. The molecule has 1 aromatic carbocycles. The lowest BCUT2D eigenvalue weighted by Crippen LogP contribution is -2.28. The van der Waals surface area contributed by atoms with Gasteiger partial charge in [-0.2, -0.15) is 0 Å². The molecule has 144 valence electrons. The largest absolute Gasteiger partial charge is 0.345 e. The molecule has 3 aromatic heterocycles. The van der Waals surface area contributed by atoms with Crippen LogP contribution in [0, 0.1) is 6.92 Å². The Bertz CT molecular complexity index is 1130. The summed E-state index contributed by atoms with van der Waals surface area (Å²) in [4.78, 5) is 33.3. The van der Waals surface area contributed by atoms with E-state index in [0.717, 1.165) is 22.4 Å². The van der Waals surface area contributed by atoms with Gasteiger partial charge in [0.05, 0.1) is 11.6 Å². The molecule has 4 rings (SSSR count). The molecule has 0 aliphatic carbocycles. The van der Waals surface area contributed by atoms with Crippen molar-refractivity contribution >= 4 is 5.91 Å². The number of benzene rings is 1. The van der Waals surface area contributed by atoms with Gasteiger partial charge in [-0.3, -0.25) is 9.78 Å². The average Bonchev–Trinajstić information content (AvgIpc) is 3.29. The third kappa shape index (κ3) is 3.89. The Morgan fingerprint density at radius 1 is 1.07 bits per heavy atom. The summed E-state index contributed by atoms with van der Waals surface area (Å²) >= 11 is 0. The number of carbonyl (C=O) groups is 1. The molecule has 0 aliphatic rings. The van der Waals surface area contributed by atoms with E-state index in [1.165, 1.54) is 0 Å². The molecule has 7 heteroatoms. The summed E-state index contributed by atoms with van der Waals surface area (Å²) in [6.45, 7) is 3.84. The average molecular weight is 384 g/mol. The third-order valence-corrected chi connectivity index (χ3v) is 4.69. The van der Waals surface area contributed by atoms with Crippen molar-refractivity contribution in [1.29, 1.82) is 0 Å². The van der Waals surface area contributed by atoms with Gasteiger partial charge < -0.3 is 10.3 Å². The quantitative estimate of drug-likeness (QED) is 0.546. The van der Waals surface area contributed by atoms with Crippen LogP contribution in [0.2, 0.25) is 0 Å². The molecule has 0 spiro atoms. The molecular weight excluding hydrogens is 364 g/mol. The predicted molar refractivity (Wildman–Crippen MR) is 110 cm³/mol. The van der Waals surface area contributed by atoms with Gasteiger partial charge in [0.1, 0.15) is 5.82 Å². The van der Waals surface area contributed by atoms with Gasteiger partial charge in [-0.05, 0) is 32.0 Å². The summed E-state index contributed by atoms with van der Waals surface area (Å²) in [5.41, 5.74) is 3.90. The number of aryl methyl sites for hydroxylation is 1. The molecule has 0 fully saturated rings. The van der Waals surface area contributed by atoms with E-state index in [-0.39, 0.29) is 11.9 Å². The minimum Gasteiger partial charge on any atom is -0.345 e. The predicted octanol–water partition coefficient (Wildman–Crippen LogP) is 3.73. The van der Waals surface area contributed by atoms with Crippen LogP contribution in [0.3, 0.4) is 0 Å². The SMILES string of the molecule is Cc1nc(-c2ccncc2)ncc1[C@H](C)NC(=O)c1ccccc1-c1ncc[nH]1. The van der Waals surface area contributed by atoms with Gasteiger partial charge in [0.2, 0.25) is 0 Å². The summed E-state index contributed by atoms with van der Waals surface area (Å²) < 4.78 is 0. The topological polar surface area (TPSA) is 96.5 Å². The van der Waals surface area contributed by atoms with E-state index in [9.17, 15) is 4.79 Å². The lowest BCUT2D eigenvalue weighted by atomic mass is 10.0. The van der Waals surface area contributed by atoms with Crippen molar-refractivity contribution in [2.45, 2.75) is 19.9 Å². The monoisotopic (exact) mass is 384 g/mol. The summed E-state index contributed by atoms with van der Waals surface area (Å²) in [6, 6.07) is 10.9. The molecule has 0 unspecified atom stereocenters. The molecule has 1 amide bonds. The fraction of sp³-hybridized carbons (Fsp3) is 0.136. The van der Waals surface area contributed by atoms with Gasteiger partial charge >= 0.3 is 0 Å². The van der Waals surface area contributed by atoms with Crippen molar-refractivity contribution in [1.82, 2.24) is 30.2 Å². The number of aromatic nitrogens is 5. The summed E-state index contributed by atoms with van der Waals surface area (Å²) in [7, 11) is 0. The molecule has 0 aliphatic heterocycles. The number of hydrogen-bond acceptors (Lipinski definition) is 5. The van der Waals surface area contributed by atoms with E-state index < -0.39 is 0 Å². The zero-order valence-electron chi connectivity index (χ0n) is 16.1. The van der Waals surface area contributed by atoms with Crippen LogP contribution >= 0.6 is 0 Å². The van der Waals surface area contributed by atoms with Gasteiger partial charge in [-0.15, -0.1) is 0 Å². The van der Waals surface area contributed by atoms with Crippen molar-refractivity contribution in [3.05, 3.63) is 84.2 Å². The van der Waals surface area contributed by atoms with Crippen molar-refractivity contribution in [2.24, 2.45) is 0 Å². The Morgan fingerprint density at radius 2 is 1.86 bits per heavy atom. The Kier molecular flexibility index (Phi) is 5.11. The molecule has 7 nitrogen and oxygen atoms in total. The zero-order chi connectivity index (χ0) is 20.2. The number of imidazole rings is 1. The number of aromatic amines is 1. The molecule has 0 saturated carbocycles. The van der Waals surface area contributed by atoms with Crippen LogP contribution in [0.15, 0.2) is 67.4 Å². The molecule has 1 atom stereocenters. The van der Waals surface area contributed by atoms with Crippen LogP contribution in [-0.2, 0) is 0 Å². The first-order valence-corrected chi connectivity index (χ1v) is 9.27. The number of carbonyl (C=O) groups excluding carboxylic acids is 1. The van der Waals surface area contributed by atoms with Gasteiger partial charge in [0.25, 0.3) is 5.91 Å². The minimum atomic E-state index is -0.251. The number of H-pyrrole nitrogens is 1. The number of nitrogens with one attached hydrogen (secondary N) is 2. The van der Waals surface area contributed by atoms with Crippen LogP contribution < -0.4 is 5.32 Å². The molecule has 0 saturated heterocycles. The van der Waals surface area contributed by atoms with E-state index in [2.05, 4.69) is 30.2 Å². The maximum atomic E-state index is 12.9. The molecule has 0 radical (unpaired) electrons. The van der Waals surface area contributed by atoms with Crippen LogP contribution in [-0.4, -0.2) is 30.8 Å². The van der Waals surface area contributed by atoms with E-state index in [0.29, 0.717) is 17.2 Å². The highest BCUT2D eigenvalue weighted by molar-refractivity contribution is 6.00. The van der Waals surface area contributed by atoms with E-state index in [4.69, 9.17) is 0 Å². The van der Waals surface area contributed by atoms with Crippen molar-refractivity contribution in [3.8, 4) is 22.8 Å². The first-order valence-electron chi connectivity index (χ1n) is 9.27. The van der Waals surface area contributed by atoms with Crippen molar-refractivity contribution < 1.29 is 4.79 Å². The van der Waals surface area contributed by atoms with E-state index in [1.54, 1.807) is 37.1 Å². The first-order chi connectivity index (χ1) is 14.1. The van der Waals surface area contributed by atoms with Crippen LogP contribution in [0.1, 0.15) is 34.6 Å². The number of amides is 1. The summed E-state index contributed by atoms with van der Waals surface area (Å²) in [5, 5.41) is 3.04. The van der Waals surface area contributed by atoms with E-state index >= 15 is 0 Å². The summed E-state index contributed by atoms with van der Waals surface area (Å²) in [5.74, 6) is 1.11. The third-order valence-electron chi connectivity index (χ3n) is 4.69. The summed E-state index contributed by atoms with van der Waals surface area (Å²) in [6.07, 6.45) is 8.58. The van der Waals surface area contributed by atoms with Crippen LogP contribution in [0.25, 0.3) is 22.8 Å². The highest BCUT2D eigenvalue weighted by Crippen LogP contribution is 2.23. The Morgan fingerprint density at radius 3 is 2.59 bits per heavy atom. The number of pyridine rings is 1. The highest BCUT2D eigenvalue weighted by Gasteiger charge is 2.18. The maximum Gasteiger partial charge on any atom is 0.252 e. The molecular formula is C22H20N6O. The zero-order valence-corrected chi connectivity index (χ0v) is 16.1. The van der Waals surface area contributed by atoms with Crippen molar-refractivity contribution in [2.75, 3.05) is 0 Å². The minimum absolute atomic E-state index is 0.179. The number of rotatable bonds is 5. The lowest BCUT2D eigenvalue weighted by Gasteiger charge is -2.17. The second-order valence-electron chi connectivity index (χ2n) is 6.65. The molecule has 2 N–H and O–H groups in total. The van der Waals surface area contributed by atoms with Crippen LogP contribution in [0.5, 0.6) is 0 Å². The van der Waals surface area contributed by atoms with Gasteiger partial charge in [-0.25, -0.2) is 15.0 Å². The molecule has 29 heavy (non-hydrogen) atoms. The molecule has 0 bridgehead atoms. The van der Waals surface area contributed by atoms with Gasteiger partial charge in [-0.1, -0.05) is 18.2 Å². The second kappa shape index (κ2) is 8.02. The van der Waals surface area contributed by atoms with E-state index in [1.807, 2.05) is 44.2 Å². The highest BCUT2D eigenvalue weighted by atomic mass is 16.1. The van der Waals surface area contributed by atoms with Gasteiger partial charge in [0.15, 0.2) is 5.82 Å². The first kappa shape index (κ1) is 18.5. The molecule has 3 heterocycles. The standard InChI is InChI=1S/C22H20N6O/c1-14-19(13-26-20(27-14)16-7-9-23-10-8-16)15(2)28-22(29)18-6-4-3-5-17(18)21-24-11-12-25-21/h3-13,15H,1-2H3,(H,24,25)(H,28,29)/t15-/m0/s1. The number of nitrogens with zero attached hydrogens (tertiary/aromatic N) is 4. The Hall–Kier alpha value is -3.87. The fourth-order valence-electron chi connectivity index (χ4n) is 3.19. The van der Waals surface area contributed by atoms with Crippen LogP contribution in [0.4, 0.5) is 0 Å². The normalized spacial score (nSPS) is 11.8. The Labute approximate surface area is 168 Å². The van der Waals surface area contributed by atoms with Crippen molar-refractivity contribution in [3.63, 3.8) is 0 Å². The number of hydrogen-bond donors (Lipinski definition) is 2. The van der Waals surface area contributed by atoms with Gasteiger partial charge in [0, 0.05) is 53.4 Å². The molecule has 4 aromatic rings. The lowest BCUT2D eigenvalue weighted by molar-refractivity contribution is 0.0940. The fourth-order valence-corrected chi connectivity index (χ4v) is 3.19. The second-order valence-corrected chi connectivity index (χ2v) is 6.65. The maximum absolute atomic E-state index is 12.9. The Balaban J connectivity index is 1.56.